The maximum atomic E-state index is 12.5. The fourth-order valence-corrected chi connectivity index (χ4v) is 7.02. The maximum absolute atomic E-state index is 12.5. The Labute approximate surface area is 176 Å². The van der Waals surface area contributed by atoms with Crippen molar-refractivity contribution in [2.75, 3.05) is 0 Å². The van der Waals surface area contributed by atoms with Crippen LogP contribution in [0, 0.1) is 23.2 Å². The Morgan fingerprint density at radius 2 is 2.03 bits per heavy atom. The van der Waals surface area contributed by atoms with Crippen LogP contribution in [0.1, 0.15) is 95.6 Å². The van der Waals surface area contributed by atoms with Crippen molar-refractivity contribution >= 4 is 5.97 Å². The van der Waals surface area contributed by atoms with E-state index in [1.807, 2.05) is 12.1 Å². The zero-order valence-electron chi connectivity index (χ0n) is 18.5. The Kier molecular flexibility index (Phi) is 5.95. The lowest BCUT2D eigenvalue weighted by atomic mass is 9.53. The summed E-state index contributed by atoms with van der Waals surface area (Å²) >= 11 is 0. The molecular formula is C26H38O3. The number of hydrogen-bond acceptors (Lipinski definition) is 3. The second-order valence-electron chi connectivity index (χ2n) is 10.3. The molecule has 1 N–H and O–H groups in total. The smallest absolute Gasteiger partial charge is 0.306 e. The lowest BCUT2D eigenvalue weighted by Crippen LogP contribution is -2.47. The molecule has 2 saturated carbocycles. The van der Waals surface area contributed by atoms with Gasteiger partial charge in [-0.25, -0.2) is 0 Å². The number of carbonyl (C=O) groups excluding carboxylic acids is 1. The molecule has 0 radical (unpaired) electrons. The minimum absolute atomic E-state index is 0.0209. The van der Waals surface area contributed by atoms with Gasteiger partial charge in [0.2, 0.25) is 0 Å². The second-order valence-corrected chi connectivity index (χ2v) is 10.3. The number of ether oxygens (including phenoxy) is 1. The van der Waals surface area contributed by atoms with Gasteiger partial charge in [0, 0.05) is 11.8 Å². The monoisotopic (exact) mass is 398 g/mol. The van der Waals surface area contributed by atoms with Crippen LogP contribution in [0.2, 0.25) is 0 Å². The minimum atomic E-state index is 0.0209. The quantitative estimate of drug-likeness (QED) is 0.447. The molecule has 0 spiro atoms. The average molecular weight is 399 g/mol. The first-order valence-corrected chi connectivity index (χ1v) is 11.9. The van der Waals surface area contributed by atoms with E-state index >= 15 is 0 Å². The predicted octanol–water partition coefficient (Wildman–Crippen LogP) is 6.38. The molecule has 1 aromatic carbocycles. The number of phenolic OH excluding ortho intramolecular Hbond substituents is 1. The van der Waals surface area contributed by atoms with Crippen LogP contribution in [0.5, 0.6) is 5.75 Å². The van der Waals surface area contributed by atoms with Crippen molar-refractivity contribution in [2.45, 2.75) is 97.0 Å². The van der Waals surface area contributed by atoms with Gasteiger partial charge in [0.05, 0.1) is 0 Å². The Balaban J connectivity index is 1.46. The predicted molar refractivity (Wildman–Crippen MR) is 116 cm³/mol. The molecule has 0 heterocycles. The Hall–Kier alpha value is -1.51. The van der Waals surface area contributed by atoms with Gasteiger partial charge in [0.25, 0.3) is 0 Å². The zero-order valence-corrected chi connectivity index (χ0v) is 18.5. The van der Waals surface area contributed by atoms with Crippen LogP contribution < -0.4 is 0 Å². The van der Waals surface area contributed by atoms with Gasteiger partial charge < -0.3 is 9.84 Å². The summed E-state index contributed by atoms with van der Waals surface area (Å²) in [5.74, 6) is 2.92. The molecule has 6 atom stereocenters. The molecular weight excluding hydrogens is 360 g/mol. The highest BCUT2D eigenvalue weighted by Crippen LogP contribution is 2.62. The minimum Gasteiger partial charge on any atom is -0.508 e. The first-order chi connectivity index (χ1) is 13.9. The summed E-state index contributed by atoms with van der Waals surface area (Å²) in [7, 11) is 0. The number of esters is 1. The molecule has 160 valence electrons. The molecule has 3 aliphatic carbocycles. The zero-order chi connectivity index (χ0) is 20.6. The molecule has 0 aromatic heterocycles. The molecule has 29 heavy (non-hydrogen) atoms. The van der Waals surface area contributed by atoms with Crippen LogP contribution >= 0.6 is 0 Å². The second kappa shape index (κ2) is 8.32. The lowest BCUT2D eigenvalue weighted by molar-refractivity contribution is -0.158. The van der Waals surface area contributed by atoms with E-state index in [-0.39, 0.29) is 17.5 Å². The van der Waals surface area contributed by atoms with Gasteiger partial charge in [-0.2, -0.15) is 0 Å². The van der Waals surface area contributed by atoms with Crippen molar-refractivity contribution in [3.8, 4) is 5.75 Å². The van der Waals surface area contributed by atoms with Crippen LogP contribution in [0.4, 0.5) is 0 Å². The third kappa shape index (κ3) is 3.82. The van der Waals surface area contributed by atoms with Crippen molar-refractivity contribution < 1.29 is 14.6 Å². The number of hydrogen-bond donors (Lipinski definition) is 1. The standard InChI is InChI=1S/C26H38O3/c1-4-5-6-7-8-24(28)29-23-12-11-22-25-17(2)15-18-16-19(27)9-10-20(18)21(25)13-14-26(22,23)3/h9-10,16-17,21-23,25,27H,4-8,11-15H2,1-3H3. The number of aromatic hydroxyl groups is 1. The fraction of sp³-hybridized carbons (Fsp3) is 0.731. The Morgan fingerprint density at radius 3 is 2.83 bits per heavy atom. The number of fused-ring (bicyclic) bond motifs is 5. The molecule has 0 bridgehead atoms. The van der Waals surface area contributed by atoms with Crippen LogP contribution in [0.3, 0.4) is 0 Å². The SMILES string of the molecule is CCCCCCC(=O)OC1CCC2C3C(C)Cc4cc(O)ccc4C3CCC12C. The van der Waals surface area contributed by atoms with Crippen molar-refractivity contribution in [1.29, 1.82) is 0 Å². The van der Waals surface area contributed by atoms with E-state index in [1.165, 1.54) is 36.8 Å². The highest BCUT2D eigenvalue weighted by Gasteiger charge is 2.57. The third-order valence-corrected chi connectivity index (χ3v) is 8.48. The Bertz CT molecular complexity index is 741. The highest BCUT2D eigenvalue weighted by molar-refractivity contribution is 5.69. The number of unbranched alkanes of at least 4 members (excludes halogenated alkanes) is 3. The van der Waals surface area contributed by atoms with E-state index < -0.39 is 0 Å². The van der Waals surface area contributed by atoms with Crippen LogP contribution in [0.15, 0.2) is 18.2 Å². The number of rotatable bonds is 6. The molecule has 6 unspecified atom stereocenters. The number of phenols is 1. The van der Waals surface area contributed by atoms with Crippen LogP contribution in [-0.2, 0) is 16.0 Å². The van der Waals surface area contributed by atoms with E-state index in [0.717, 1.165) is 32.1 Å². The van der Waals surface area contributed by atoms with Gasteiger partial charge in [-0.1, -0.05) is 46.1 Å². The van der Waals surface area contributed by atoms with Crippen LogP contribution in [-0.4, -0.2) is 17.2 Å². The van der Waals surface area contributed by atoms with Gasteiger partial charge >= 0.3 is 5.97 Å². The normalized spacial score (nSPS) is 35.5. The van der Waals surface area contributed by atoms with Gasteiger partial charge in [-0.15, -0.1) is 0 Å². The van der Waals surface area contributed by atoms with Crippen molar-refractivity contribution in [2.24, 2.45) is 23.2 Å². The molecule has 0 saturated heterocycles. The summed E-state index contributed by atoms with van der Waals surface area (Å²) in [5, 5.41) is 9.92. The maximum Gasteiger partial charge on any atom is 0.306 e. The van der Waals surface area contributed by atoms with Gasteiger partial charge in [-0.05, 0) is 85.5 Å². The van der Waals surface area contributed by atoms with E-state index in [1.54, 1.807) is 0 Å². The first kappa shape index (κ1) is 20.8. The van der Waals surface area contributed by atoms with Gasteiger partial charge in [0.15, 0.2) is 0 Å². The topological polar surface area (TPSA) is 46.5 Å². The number of benzene rings is 1. The van der Waals surface area contributed by atoms with Gasteiger partial charge in [0.1, 0.15) is 11.9 Å². The van der Waals surface area contributed by atoms with Crippen molar-refractivity contribution in [3.05, 3.63) is 29.3 Å². The molecule has 3 aliphatic rings. The Morgan fingerprint density at radius 1 is 1.21 bits per heavy atom. The fourth-order valence-electron chi connectivity index (χ4n) is 7.02. The molecule has 0 amide bonds. The number of carbonyl (C=O) groups is 1. The van der Waals surface area contributed by atoms with Crippen LogP contribution in [0.25, 0.3) is 0 Å². The van der Waals surface area contributed by atoms with E-state index in [4.69, 9.17) is 4.74 Å². The van der Waals surface area contributed by atoms with E-state index in [2.05, 4.69) is 26.8 Å². The molecule has 3 nitrogen and oxygen atoms in total. The van der Waals surface area contributed by atoms with E-state index in [9.17, 15) is 9.90 Å². The molecule has 0 aliphatic heterocycles. The van der Waals surface area contributed by atoms with E-state index in [0.29, 0.717) is 35.8 Å². The molecule has 3 heteroatoms. The summed E-state index contributed by atoms with van der Waals surface area (Å²) in [6.45, 7) is 6.99. The summed E-state index contributed by atoms with van der Waals surface area (Å²) < 4.78 is 6.09. The molecule has 2 fully saturated rings. The highest BCUT2D eigenvalue weighted by atomic mass is 16.5. The average Bonchev–Trinajstić information content (AvgIpc) is 3.01. The lowest BCUT2D eigenvalue weighted by Gasteiger charge is -2.52. The summed E-state index contributed by atoms with van der Waals surface area (Å²) in [5.41, 5.74) is 2.93. The van der Waals surface area contributed by atoms with Crippen molar-refractivity contribution in [3.63, 3.8) is 0 Å². The largest absolute Gasteiger partial charge is 0.508 e. The third-order valence-electron chi connectivity index (χ3n) is 8.48. The first-order valence-electron chi connectivity index (χ1n) is 11.9. The molecule has 1 aromatic rings. The summed E-state index contributed by atoms with van der Waals surface area (Å²) in [4.78, 5) is 12.5. The van der Waals surface area contributed by atoms with Gasteiger partial charge in [-0.3, -0.25) is 4.79 Å². The molecule has 4 rings (SSSR count). The summed E-state index contributed by atoms with van der Waals surface area (Å²) in [6, 6.07) is 6.00. The van der Waals surface area contributed by atoms with Crippen molar-refractivity contribution in [1.82, 2.24) is 0 Å². The summed E-state index contributed by atoms with van der Waals surface area (Å²) in [6.07, 6.45) is 10.7.